The molecule has 0 spiro atoms. The van der Waals surface area contributed by atoms with Crippen molar-refractivity contribution in [2.24, 2.45) is 0 Å². The zero-order chi connectivity index (χ0) is 11.4. The van der Waals surface area contributed by atoms with Crippen molar-refractivity contribution < 1.29 is 4.74 Å². The number of nitrogens with one attached hydrogen (secondary N) is 1. The minimum absolute atomic E-state index is 0.383. The van der Waals surface area contributed by atoms with E-state index in [0.717, 1.165) is 31.7 Å². The molecule has 1 unspecified atom stereocenters. The van der Waals surface area contributed by atoms with Gasteiger partial charge in [0.2, 0.25) is 0 Å². The average molecular weight is 217 g/mol. The van der Waals surface area contributed by atoms with Crippen LogP contribution in [0.4, 0.5) is 0 Å². The van der Waals surface area contributed by atoms with Crippen molar-refractivity contribution in [1.82, 2.24) is 5.32 Å². The number of benzene rings is 1. The Kier molecular flexibility index (Phi) is 3.62. The molecule has 2 heteroatoms. The first-order valence-electron chi connectivity index (χ1n) is 5.95. The summed E-state index contributed by atoms with van der Waals surface area (Å²) in [6, 6.07) is 6.89. The molecule has 86 valence electrons. The molecule has 1 aliphatic heterocycles. The Labute approximate surface area is 97.3 Å². The molecule has 0 saturated heterocycles. The highest BCUT2D eigenvalue weighted by atomic mass is 16.5. The normalized spacial score (nSPS) is 15.3. The van der Waals surface area contributed by atoms with Crippen LogP contribution in [0.1, 0.15) is 30.5 Å². The smallest absolute Gasteiger partial charge is 0.122 e. The maximum atomic E-state index is 5.51. The standard InChI is InChI=1S/C14H19NO/c1-3-5-13(15-4-2)11-6-7-14-12(10-11)8-9-16-14/h3,6-7,10,13,15H,1,4-5,8-9H2,2H3. The summed E-state index contributed by atoms with van der Waals surface area (Å²) >= 11 is 0. The lowest BCUT2D eigenvalue weighted by Gasteiger charge is -2.17. The lowest BCUT2D eigenvalue weighted by molar-refractivity contribution is 0.356. The zero-order valence-corrected chi connectivity index (χ0v) is 9.83. The summed E-state index contributed by atoms with van der Waals surface area (Å²) in [6.07, 6.45) is 3.97. The van der Waals surface area contributed by atoms with Gasteiger partial charge >= 0.3 is 0 Å². The SMILES string of the molecule is C=CCC(NCC)c1ccc2c(c1)CCO2. The molecule has 0 fully saturated rings. The first kappa shape index (κ1) is 11.2. The molecule has 0 radical (unpaired) electrons. The summed E-state index contributed by atoms with van der Waals surface area (Å²) in [5.41, 5.74) is 2.68. The van der Waals surface area contributed by atoms with Gasteiger partial charge in [-0.3, -0.25) is 0 Å². The molecule has 0 bridgehead atoms. The van der Waals surface area contributed by atoms with Crippen LogP contribution in [0, 0.1) is 0 Å². The maximum absolute atomic E-state index is 5.51. The molecule has 1 N–H and O–H groups in total. The Morgan fingerprint density at radius 2 is 2.44 bits per heavy atom. The van der Waals surface area contributed by atoms with Gasteiger partial charge in [-0.1, -0.05) is 25.1 Å². The van der Waals surface area contributed by atoms with E-state index in [0.29, 0.717) is 6.04 Å². The third kappa shape index (κ3) is 2.27. The molecule has 0 saturated carbocycles. The predicted octanol–water partition coefficient (Wildman–Crippen LogP) is 2.85. The van der Waals surface area contributed by atoms with Crippen LogP contribution >= 0.6 is 0 Å². The van der Waals surface area contributed by atoms with Crippen LogP contribution in [0.15, 0.2) is 30.9 Å². The molecule has 1 aromatic rings. The van der Waals surface area contributed by atoms with Gasteiger partial charge in [-0.15, -0.1) is 6.58 Å². The largest absolute Gasteiger partial charge is 0.493 e. The van der Waals surface area contributed by atoms with Crippen molar-refractivity contribution in [1.29, 1.82) is 0 Å². The van der Waals surface area contributed by atoms with Gasteiger partial charge in [-0.05, 0) is 30.2 Å². The summed E-state index contributed by atoms with van der Waals surface area (Å²) in [7, 11) is 0. The minimum atomic E-state index is 0.383. The molecule has 1 atom stereocenters. The second-order valence-electron chi connectivity index (χ2n) is 4.10. The van der Waals surface area contributed by atoms with Crippen LogP contribution in [0.3, 0.4) is 0 Å². The van der Waals surface area contributed by atoms with Crippen molar-refractivity contribution in [3.8, 4) is 5.75 Å². The number of hydrogen-bond donors (Lipinski definition) is 1. The van der Waals surface area contributed by atoms with Gasteiger partial charge in [0, 0.05) is 12.5 Å². The summed E-state index contributed by atoms with van der Waals surface area (Å²) in [5, 5.41) is 3.48. The Morgan fingerprint density at radius 1 is 1.56 bits per heavy atom. The van der Waals surface area contributed by atoms with Crippen LogP contribution in [-0.4, -0.2) is 13.2 Å². The van der Waals surface area contributed by atoms with Crippen LogP contribution < -0.4 is 10.1 Å². The molecule has 0 aliphatic carbocycles. The van der Waals surface area contributed by atoms with E-state index < -0.39 is 0 Å². The van der Waals surface area contributed by atoms with Crippen molar-refractivity contribution in [3.63, 3.8) is 0 Å². The third-order valence-electron chi connectivity index (χ3n) is 2.97. The Morgan fingerprint density at radius 3 is 3.19 bits per heavy atom. The van der Waals surface area contributed by atoms with E-state index in [1.54, 1.807) is 0 Å². The van der Waals surface area contributed by atoms with Gasteiger partial charge in [0.25, 0.3) is 0 Å². The fourth-order valence-electron chi connectivity index (χ4n) is 2.17. The zero-order valence-electron chi connectivity index (χ0n) is 9.83. The Balaban J connectivity index is 2.20. The Hall–Kier alpha value is -1.28. The molecule has 2 rings (SSSR count). The van der Waals surface area contributed by atoms with Gasteiger partial charge in [0.1, 0.15) is 5.75 Å². The van der Waals surface area contributed by atoms with Gasteiger partial charge in [0.15, 0.2) is 0 Å². The molecule has 0 aromatic heterocycles. The van der Waals surface area contributed by atoms with Gasteiger partial charge in [-0.25, -0.2) is 0 Å². The highest BCUT2D eigenvalue weighted by Gasteiger charge is 2.15. The summed E-state index contributed by atoms with van der Waals surface area (Å²) in [6.45, 7) is 7.75. The van der Waals surface area contributed by atoms with Gasteiger partial charge in [0.05, 0.1) is 6.61 Å². The van der Waals surface area contributed by atoms with Crippen molar-refractivity contribution in [3.05, 3.63) is 42.0 Å². The third-order valence-corrected chi connectivity index (χ3v) is 2.97. The van der Waals surface area contributed by atoms with Crippen molar-refractivity contribution in [2.45, 2.75) is 25.8 Å². The first-order chi connectivity index (χ1) is 7.85. The topological polar surface area (TPSA) is 21.3 Å². The van der Waals surface area contributed by atoms with Crippen LogP contribution in [0.5, 0.6) is 5.75 Å². The Bertz CT molecular complexity index is 373. The highest BCUT2D eigenvalue weighted by Crippen LogP contribution is 2.29. The second-order valence-corrected chi connectivity index (χ2v) is 4.10. The maximum Gasteiger partial charge on any atom is 0.122 e. The summed E-state index contributed by atoms with van der Waals surface area (Å²) in [4.78, 5) is 0. The lowest BCUT2D eigenvalue weighted by Crippen LogP contribution is -2.20. The fourth-order valence-corrected chi connectivity index (χ4v) is 2.17. The lowest BCUT2D eigenvalue weighted by atomic mass is 10.00. The minimum Gasteiger partial charge on any atom is -0.493 e. The number of fused-ring (bicyclic) bond motifs is 1. The van der Waals surface area contributed by atoms with E-state index in [9.17, 15) is 0 Å². The fraction of sp³-hybridized carbons (Fsp3) is 0.429. The predicted molar refractivity (Wildman–Crippen MR) is 66.9 cm³/mol. The van der Waals surface area contributed by atoms with E-state index in [2.05, 4.69) is 37.0 Å². The van der Waals surface area contributed by atoms with Crippen LogP contribution in [-0.2, 0) is 6.42 Å². The van der Waals surface area contributed by atoms with E-state index in [-0.39, 0.29) is 0 Å². The van der Waals surface area contributed by atoms with Crippen molar-refractivity contribution in [2.75, 3.05) is 13.2 Å². The molecule has 0 amide bonds. The highest BCUT2D eigenvalue weighted by molar-refractivity contribution is 5.40. The summed E-state index contributed by atoms with van der Waals surface area (Å²) < 4.78 is 5.51. The van der Waals surface area contributed by atoms with Gasteiger partial charge in [-0.2, -0.15) is 0 Å². The quantitative estimate of drug-likeness (QED) is 0.766. The van der Waals surface area contributed by atoms with E-state index in [4.69, 9.17) is 4.74 Å². The average Bonchev–Trinajstić information content (AvgIpc) is 2.75. The second kappa shape index (κ2) is 5.17. The molecule has 2 nitrogen and oxygen atoms in total. The molecule has 1 heterocycles. The number of ether oxygens (including phenoxy) is 1. The first-order valence-corrected chi connectivity index (χ1v) is 5.95. The number of hydrogen-bond acceptors (Lipinski definition) is 2. The van der Waals surface area contributed by atoms with Crippen LogP contribution in [0.2, 0.25) is 0 Å². The molecule has 1 aromatic carbocycles. The molecule has 16 heavy (non-hydrogen) atoms. The van der Waals surface area contributed by atoms with Crippen molar-refractivity contribution >= 4 is 0 Å². The molecular formula is C14H19NO. The molecule has 1 aliphatic rings. The van der Waals surface area contributed by atoms with E-state index in [1.165, 1.54) is 11.1 Å². The van der Waals surface area contributed by atoms with Gasteiger partial charge < -0.3 is 10.1 Å². The summed E-state index contributed by atoms with van der Waals surface area (Å²) in [5.74, 6) is 1.05. The van der Waals surface area contributed by atoms with E-state index >= 15 is 0 Å². The van der Waals surface area contributed by atoms with Crippen LogP contribution in [0.25, 0.3) is 0 Å². The monoisotopic (exact) mass is 217 g/mol. The van der Waals surface area contributed by atoms with E-state index in [1.807, 2.05) is 6.08 Å². The number of rotatable bonds is 5. The molecular weight excluding hydrogens is 198 g/mol.